The quantitative estimate of drug-likeness (QED) is 0.895. The van der Waals surface area contributed by atoms with E-state index in [9.17, 15) is 14.0 Å². The lowest BCUT2D eigenvalue weighted by atomic mass is 9.98. The number of carbonyl (C=O) groups is 1. The molecule has 3 rings (SSSR count). The monoisotopic (exact) mass is 345 g/mol. The molecule has 134 valence electrons. The lowest BCUT2D eigenvalue weighted by Gasteiger charge is -2.34. The molecule has 2 N–H and O–H groups in total. The van der Waals surface area contributed by atoms with Gasteiger partial charge < -0.3 is 10.3 Å². The van der Waals surface area contributed by atoms with Crippen molar-refractivity contribution in [2.75, 3.05) is 19.6 Å². The molecule has 25 heavy (non-hydrogen) atoms. The van der Waals surface area contributed by atoms with Gasteiger partial charge in [-0.3, -0.25) is 14.5 Å². The molecule has 1 atom stereocenters. The maximum absolute atomic E-state index is 13.2. The Kier molecular flexibility index (Phi) is 5.18. The molecule has 2 heterocycles. The number of amides is 1. The van der Waals surface area contributed by atoms with Crippen LogP contribution in [0.1, 0.15) is 37.0 Å². The van der Waals surface area contributed by atoms with Gasteiger partial charge in [-0.1, -0.05) is 6.92 Å². The van der Waals surface area contributed by atoms with Crippen molar-refractivity contribution in [3.63, 3.8) is 0 Å². The molecule has 0 radical (unpaired) electrons. The molecule has 1 saturated heterocycles. The molecule has 2 aromatic rings. The molecule has 1 aliphatic heterocycles. The van der Waals surface area contributed by atoms with Crippen molar-refractivity contribution in [1.29, 1.82) is 0 Å². The first-order valence-corrected chi connectivity index (χ1v) is 8.79. The fourth-order valence-corrected chi connectivity index (χ4v) is 3.28. The zero-order chi connectivity index (χ0) is 18.0. The normalized spacial score (nSPS) is 17.6. The third kappa shape index (κ3) is 4.07. The molecule has 1 aromatic carbocycles. The minimum atomic E-state index is -0.505. The average Bonchev–Trinajstić information content (AvgIpc) is 2.59. The number of pyridine rings is 1. The van der Waals surface area contributed by atoms with Gasteiger partial charge in [0.25, 0.3) is 11.5 Å². The summed E-state index contributed by atoms with van der Waals surface area (Å²) in [5.41, 5.74) is -0.0639. The van der Waals surface area contributed by atoms with E-state index in [0.29, 0.717) is 17.4 Å². The number of hydrogen-bond acceptors (Lipinski definition) is 3. The van der Waals surface area contributed by atoms with Crippen molar-refractivity contribution in [3.8, 4) is 0 Å². The second kappa shape index (κ2) is 7.35. The number of H-pyrrole nitrogens is 1. The third-order valence-electron chi connectivity index (χ3n) is 5.05. The van der Waals surface area contributed by atoms with Crippen LogP contribution in [0, 0.1) is 11.7 Å². The highest BCUT2D eigenvalue weighted by Crippen LogP contribution is 2.18. The number of carbonyl (C=O) groups excluding carboxylic acids is 1. The van der Waals surface area contributed by atoms with E-state index in [1.54, 1.807) is 6.07 Å². The summed E-state index contributed by atoms with van der Waals surface area (Å²) in [5.74, 6) is -0.0613. The van der Waals surface area contributed by atoms with Crippen LogP contribution in [0.25, 0.3) is 10.9 Å². The van der Waals surface area contributed by atoms with Gasteiger partial charge in [0, 0.05) is 12.6 Å². The highest BCUT2D eigenvalue weighted by molar-refractivity contribution is 5.97. The minimum Gasteiger partial charge on any atom is -0.350 e. The van der Waals surface area contributed by atoms with Crippen molar-refractivity contribution >= 4 is 16.8 Å². The first-order valence-electron chi connectivity index (χ1n) is 8.79. The highest BCUT2D eigenvalue weighted by Gasteiger charge is 2.21. The predicted molar refractivity (Wildman–Crippen MR) is 96.3 cm³/mol. The second-order valence-corrected chi connectivity index (χ2v) is 7.02. The summed E-state index contributed by atoms with van der Waals surface area (Å²) in [6.07, 6.45) is 2.36. The number of piperidine rings is 1. The second-order valence-electron chi connectivity index (χ2n) is 7.02. The van der Waals surface area contributed by atoms with E-state index in [2.05, 4.69) is 29.0 Å². The third-order valence-corrected chi connectivity index (χ3v) is 5.05. The lowest BCUT2D eigenvalue weighted by molar-refractivity contribution is 0.0920. The van der Waals surface area contributed by atoms with Crippen molar-refractivity contribution in [2.24, 2.45) is 5.92 Å². The minimum absolute atomic E-state index is 0.0542. The van der Waals surface area contributed by atoms with Gasteiger partial charge in [-0.05, 0) is 68.4 Å². The zero-order valence-corrected chi connectivity index (χ0v) is 14.6. The van der Waals surface area contributed by atoms with Crippen LogP contribution in [0.4, 0.5) is 4.39 Å². The average molecular weight is 345 g/mol. The van der Waals surface area contributed by atoms with Crippen molar-refractivity contribution in [1.82, 2.24) is 15.2 Å². The van der Waals surface area contributed by atoms with Crippen LogP contribution in [0.3, 0.4) is 0 Å². The Morgan fingerprint density at radius 2 is 2.08 bits per heavy atom. The van der Waals surface area contributed by atoms with Gasteiger partial charge in [0.1, 0.15) is 11.4 Å². The number of rotatable bonds is 4. The summed E-state index contributed by atoms with van der Waals surface area (Å²) in [4.78, 5) is 29.4. The van der Waals surface area contributed by atoms with E-state index in [-0.39, 0.29) is 11.6 Å². The van der Waals surface area contributed by atoms with E-state index in [0.717, 1.165) is 19.0 Å². The molecule has 5 nitrogen and oxygen atoms in total. The summed E-state index contributed by atoms with van der Waals surface area (Å²) < 4.78 is 13.2. The Morgan fingerprint density at radius 1 is 1.36 bits per heavy atom. The summed E-state index contributed by atoms with van der Waals surface area (Å²) in [7, 11) is 0. The van der Waals surface area contributed by atoms with Crippen LogP contribution in [0.15, 0.2) is 29.1 Å². The molecule has 6 heteroatoms. The molecule has 0 bridgehead atoms. The Balaban J connectivity index is 1.67. The van der Waals surface area contributed by atoms with Crippen molar-refractivity contribution < 1.29 is 9.18 Å². The van der Waals surface area contributed by atoms with Gasteiger partial charge >= 0.3 is 0 Å². The molecular formula is C19H24FN3O2. The van der Waals surface area contributed by atoms with Gasteiger partial charge in [-0.25, -0.2) is 4.39 Å². The first-order chi connectivity index (χ1) is 11.9. The molecule has 1 aromatic heterocycles. The molecule has 1 aliphatic rings. The van der Waals surface area contributed by atoms with Crippen LogP contribution in [0.5, 0.6) is 0 Å². The number of aromatic nitrogens is 1. The SMILES string of the molecule is CC1CCN(C(C)CNC(=O)c2cc3ccc(F)cc3[nH]c2=O)CC1. The summed E-state index contributed by atoms with van der Waals surface area (Å²) >= 11 is 0. The standard InChI is InChI=1S/C19H24FN3O2/c1-12-5-7-23(8-6-12)13(2)11-21-18(24)16-9-14-3-4-15(20)10-17(14)22-19(16)25/h3-4,9-10,12-13H,5-8,11H2,1-2H3,(H,21,24)(H,22,25). The number of benzene rings is 1. The molecule has 1 fully saturated rings. The maximum atomic E-state index is 13.2. The Hall–Kier alpha value is -2.21. The van der Waals surface area contributed by atoms with E-state index in [1.807, 2.05) is 0 Å². The van der Waals surface area contributed by atoms with Crippen LogP contribution in [-0.4, -0.2) is 41.5 Å². The van der Waals surface area contributed by atoms with Crippen LogP contribution < -0.4 is 10.9 Å². The van der Waals surface area contributed by atoms with E-state index < -0.39 is 17.3 Å². The van der Waals surface area contributed by atoms with Crippen LogP contribution in [-0.2, 0) is 0 Å². The molecule has 1 unspecified atom stereocenters. The Morgan fingerprint density at radius 3 is 2.80 bits per heavy atom. The highest BCUT2D eigenvalue weighted by atomic mass is 19.1. The maximum Gasteiger partial charge on any atom is 0.261 e. The summed E-state index contributed by atoms with van der Waals surface area (Å²) in [6, 6.07) is 5.84. The number of nitrogens with zero attached hydrogens (tertiary/aromatic N) is 1. The predicted octanol–water partition coefficient (Wildman–Crippen LogP) is 2.52. The fourth-order valence-electron chi connectivity index (χ4n) is 3.28. The van der Waals surface area contributed by atoms with Crippen LogP contribution in [0.2, 0.25) is 0 Å². The van der Waals surface area contributed by atoms with Gasteiger partial charge in [0.05, 0.1) is 5.52 Å². The van der Waals surface area contributed by atoms with E-state index in [4.69, 9.17) is 0 Å². The molecule has 1 amide bonds. The summed E-state index contributed by atoms with van der Waals surface area (Å²) in [6.45, 7) is 6.93. The van der Waals surface area contributed by atoms with Crippen molar-refractivity contribution in [3.05, 3.63) is 46.0 Å². The van der Waals surface area contributed by atoms with E-state index in [1.165, 1.54) is 31.0 Å². The number of nitrogens with one attached hydrogen (secondary N) is 2. The molecule has 0 spiro atoms. The molecule has 0 saturated carbocycles. The fraction of sp³-hybridized carbons (Fsp3) is 0.474. The van der Waals surface area contributed by atoms with Crippen molar-refractivity contribution in [2.45, 2.75) is 32.7 Å². The number of fused-ring (bicyclic) bond motifs is 1. The number of halogens is 1. The Bertz CT molecular complexity index is 825. The van der Waals surface area contributed by atoms with E-state index >= 15 is 0 Å². The van der Waals surface area contributed by atoms with Gasteiger partial charge in [0.15, 0.2) is 0 Å². The first kappa shape index (κ1) is 17.6. The lowest BCUT2D eigenvalue weighted by Crippen LogP contribution is -2.46. The largest absolute Gasteiger partial charge is 0.350 e. The smallest absolute Gasteiger partial charge is 0.261 e. The van der Waals surface area contributed by atoms with Gasteiger partial charge in [-0.2, -0.15) is 0 Å². The molecule has 0 aliphatic carbocycles. The number of likely N-dealkylation sites (tertiary alicyclic amines) is 1. The zero-order valence-electron chi connectivity index (χ0n) is 14.6. The van der Waals surface area contributed by atoms with Gasteiger partial charge in [0.2, 0.25) is 0 Å². The summed E-state index contributed by atoms with van der Waals surface area (Å²) in [5, 5.41) is 3.48. The number of hydrogen-bond donors (Lipinski definition) is 2. The van der Waals surface area contributed by atoms with Crippen LogP contribution >= 0.6 is 0 Å². The topological polar surface area (TPSA) is 65.2 Å². The number of aromatic amines is 1. The molecular weight excluding hydrogens is 321 g/mol. The van der Waals surface area contributed by atoms with Gasteiger partial charge in [-0.15, -0.1) is 0 Å². The Labute approximate surface area is 146 Å².